The lowest BCUT2D eigenvalue weighted by Gasteiger charge is -2.37. The highest BCUT2D eigenvalue weighted by Gasteiger charge is 2.32. The van der Waals surface area contributed by atoms with E-state index in [4.69, 9.17) is 4.74 Å². The van der Waals surface area contributed by atoms with Crippen LogP contribution in [0.15, 0.2) is 29.5 Å². The molecule has 30 heavy (non-hydrogen) atoms. The normalized spacial score (nSPS) is 23.7. The quantitative estimate of drug-likeness (QED) is 0.752. The number of nitrogens with one attached hydrogen (secondary N) is 1. The van der Waals surface area contributed by atoms with Crippen molar-refractivity contribution in [3.63, 3.8) is 0 Å². The average Bonchev–Trinajstić information content (AvgIpc) is 2.77. The van der Waals surface area contributed by atoms with Gasteiger partial charge < -0.3 is 14.6 Å². The van der Waals surface area contributed by atoms with Crippen molar-refractivity contribution < 1.29 is 9.13 Å². The van der Waals surface area contributed by atoms with Crippen LogP contribution >= 0.6 is 0 Å². The number of unbranched alkanes of at least 4 members (excludes halogenated alkanes) is 1. The first-order valence-electron chi connectivity index (χ1n) is 11.4. The van der Waals surface area contributed by atoms with Gasteiger partial charge in [0, 0.05) is 50.2 Å². The molecule has 2 aromatic heterocycles. The fourth-order valence-corrected chi connectivity index (χ4v) is 4.63. The van der Waals surface area contributed by atoms with Crippen LogP contribution in [0.4, 0.5) is 4.39 Å². The second-order valence-corrected chi connectivity index (χ2v) is 8.68. The van der Waals surface area contributed by atoms with Gasteiger partial charge in [0.05, 0.1) is 5.39 Å². The van der Waals surface area contributed by atoms with E-state index >= 15 is 4.39 Å². The number of likely N-dealkylation sites (tertiary alicyclic amines) is 1. The summed E-state index contributed by atoms with van der Waals surface area (Å²) in [5.41, 5.74) is -0.0625. The molecule has 6 nitrogen and oxygen atoms in total. The molecule has 164 valence electrons. The van der Waals surface area contributed by atoms with Gasteiger partial charge in [-0.25, -0.2) is 4.39 Å². The largest absolute Gasteiger partial charge is 0.485 e. The molecule has 2 atom stereocenters. The molecule has 0 unspecified atom stereocenters. The molecule has 7 heteroatoms. The second-order valence-electron chi connectivity index (χ2n) is 8.68. The third-order valence-electron chi connectivity index (χ3n) is 6.42. The zero-order valence-corrected chi connectivity index (χ0v) is 17.9. The molecular formula is C23H33FN4O2. The second kappa shape index (κ2) is 9.88. The number of pyridine rings is 2. The van der Waals surface area contributed by atoms with Gasteiger partial charge in [0.25, 0.3) is 5.56 Å². The Hall–Kier alpha value is -1.99. The molecule has 2 aliphatic heterocycles. The molecule has 0 saturated carbocycles. The summed E-state index contributed by atoms with van der Waals surface area (Å²) in [4.78, 5) is 19.1. The molecule has 0 spiro atoms. The lowest BCUT2D eigenvalue weighted by atomic mass is 9.96. The Morgan fingerprint density at radius 2 is 2.10 bits per heavy atom. The molecule has 2 aliphatic rings. The summed E-state index contributed by atoms with van der Waals surface area (Å²) in [6.45, 7) is 7.11. The molecule has 2 fully saturated rings. The molecular weight excluding hydrogens is 383 g/mol. The number of aromatic nitrogens is 2. The van der Waals surface area contributed by atoms with E-state index in [1.807, 2.05) is 0 Å². The highest BCUT2D eigenvalue weighted by Crippen LogP contribution is 2.28. The van der Waals surface area contributed by atoms with Gasteiger partial charge in [-0.2, -0.15) is 0 Å². The van der Waals surface area contributed by atoms with Crippen molar-refractivity contribution in [2.24, 2.45) is 5.92 Å². The van der Waals surface area contributed by atoms with Gasteiger partial charge in [0.1, 0.15) is 18.0 Å². The van der Waals surface area contributed by atoms with Crippen LogP contribution in [0.25, 0.3) is 10.8 Å². The Labute approximate surface area is 177 Å². The Bertz CT molecular complexity index is 896. The van der Waals surface area contributed by atoms with Crippen LogP contribution < -0.4 is 15.6 Å². The molecule has 0 amide bonds. The van der Waals surface area contributed by atoms with E-state index in [1.54, 1.807) is 29.2 Å². The Kier molecular flexibility index (Phi) is 7.00. The van der Waals surface area contributed by atoms with E-state index in [0.29, 0.717) is 42.0 Å². The molecule has 4 rings (SSSR count). The van der Waals surface area contributed by atoms with E-state index in [1.165, 1.54) is 12.8 Å². The molecule has 4 heterocycles. The number of piperidine rings is 2. The van der Waals surface area contributed by atoms with Crippen molar-refractivity contribution in [3.05, 3.63) is 35.0 Å². The number of rotatable bonds is 7. The maximum Gasteiger partial charge on any atom is 0.260 e. The third kappa shape index (κ3) is 4.83. The van der Waals surface area contributed by atoms with Gasteiger partial charge in [-0.05, 0) is 50.8 Å². The van der Waals surface area contributed by atoms with Crippen LogP contribution in [0.3, 0.4) is 0 Å². The van der Waals surface area contributed by atoms with Crippen LogP contribution in [-0.4, -0.2) is 59.5 Å². The van der Waals surface area contributed by atoms with Gasteiger partial charge in [-0.15, -0.1) is 0 Å². The predicted octanol–water partition coefficient (Wildman–Crippen LogP) is 2.99. The van der Waals surface area contributed by atoms with Crippen LogP contribution in [0.2, 0.25) is 0 Å². The predicted molar refractivity (Wildman–Crippen MR) is 117 cm³/mol. The van der Waals surface area contributed by atoms with Crippen LogP contribution in [0.5, 0.6) is 5.75 Å². The van der Waals surface area contributed by atoms with Crippen molar-refractivity contribution in [2.45, 2.75) is 57.8 Å². The van der Waals surface area contributed by atoms with E-state index < -0.39 is 12.3 Å². The molecule has 0 aromatic carbocycles. The fraction of sp³-hybridized carbons (Fsp3) is 0.652. The lowest BCUT2D eigenvalue weighted by molar-refractivity contribution is 0.0154. The first kappa shape index (κ1) is 21.2. The van der Waals surface area contributed by atoms with E-state index in [0.717, 1.165) is 39.0 Å². The van der Waals surface area contributed by atoms with E-state index in [-0.39, 0.29) is 5.56 Å². The number of halogens is 1. The molecule has 2 aromatic rings. The standard InChI is InChI=1S/C23H33FN4O2/c1-2-3-11-28-16-22(18-6-10-26-13-19(18)23(28)29)30-21-7-12-27(15-20(21)24)14-17-4-8-25-9-5-17/h6,10,13,16-17,20-21,25H,2-5,7-9,11-12,14-15H2,1H3/t20-,21-/m0/s1. The number of aryl methyl sites for hydroxylation is 1. The minimum Gasteiger partial charge on any atom is -0.485 e. The Morgan fingerprint density at radius 3 is 2.87 bits per heavy atom. The van der Waals surface area contributed by atoms with Gasteiger partial charge in [-0.3, -0.25) is 14.7 Å². The maximum atomic E-state index is 15.1. The fourth-order valence-electron chi connectivity index (χ4n) is 4.63. The molecule has 0 aliphatic carbocycles. The monoisotopic (exact) mass is 416 g/mol. The number of hydrogen-bond acceptors (Lipinski definition) is 5. The van der Waals surface area contributed by atoms with E-state index in [9.17, 15) is 4.79 Å². The van der Waals surface area contributed by atoms with Crippen LogP contribution in [0, 0.1) is 5.92 Å². The number of alkyl halides is 1. The summed E-state index contributed by atoms with van der Waals surface area (Å²) < 4.78 is 22.9. The zero-order valence-electron chi connectivity index (χ0n) is 17.9. The number of ether oxygens (including phenoxy) is 1. The number of hydrogen-bond donors (Lipinski definition) is 1. The Balaban J connectivity index is 1.47. The SMILES string of the molecule is CCCCn1cc(O[C@H]2CCN(CC3CCNCC3)C[C@@H]2F)c2ccncc2c1=O. The maximum absolute atomic E-state index is 15.1. The summed E-state index contributed by atoms with van der Waals surface area (Å²) in [6.07, 6.45) is 8.39. The van der Waals surface area contributed by atoms with Crippen molar-refractivity contribution in [1.29, 1.82) is 0 Å². The van der Waals surface area contributed by atoms with Crippen LogP contribution in [-0.2, 0) is 6.54 Å². The van der Waals surface area contributed by atoms with Gasteiger partial charge in [-0.1, -0.05) is 13.3 Å². The molecule has 0 radical (unpaired) electrons. The van der Waals surface area contributed by atoms with Crippen molar-refractivity contribution in [3.8, 4) is 5.75 Å². The smallest absolute Gasteiger partial charge is 0.260 e. The average molecular weight is 417 g/mol. The lowest BCUT2D eigenvalue weighted by Crippen LogP contribution is -2.49. The topological polar surface area (TPSA) is 59.4 Å². The molecule has 2 saturated heterocycles. The van der Waals surface area contributed by atoms with Crippen LogP contribution in [0.1, 0.15) is 39.0 Å². The summed E-state index contributed by atoms with van der Waals surface area (Å²) >= 11 is 0. The summed E-state index contributed by atoms with van der Waals surface area (Å²) in [6, 6.07) is 1.79. The number of fused-ring (bicyclic) bond motifs is 1. The van der Waals surface area contributed by atoms with E-state index in [2.05, 4.69) is 22.1 Å². The van der Waals surface area contributed by atoms with Gasteiger partial charge >= 0.3 is 0 Å². The summed E-state index contributed by atoms with van der Waals surface area (Å²) in [5.74, 6) is 1.25. The first-order valence-corrected chi connectivity index (χ1v) is 11.4. The highest BCUT2D eigenvalue weighted by molar-refractivity contribution is 5.86. The van der Waals surface area contributed by atoms with Crippen molar-refractivity contribution in [2.75, 3.05) is 32.7 Å². The minimum absolute atomic E-state index is 0.0625. The third-order valence-corrected chi connectivity index (χ3v) is 6.42. The summed E-state index contributed by atoms with van der Waals surface area (Å²) in [7, 11) is 0. The van der Waals surface area contributed by atoms with Crippen molar-refractivity contribution in [1.82, 2.24) is 19.8 Å². The number of nitrogens with zero attached hydrogens (tertiary/aromatic N) is 3. The molecule has 1 N–H and O–H groups in total. The first-order chi connectivity index (χ1) is 14.7. The Morgan fingerprint density at radius 1 is 1.27 bits per heavy atom. The minimum atomic E-state index is -1.03. The zero-order chi connectivity index (χ0) is 20.9. The molecule has 0 bridgehead atoms. The summed E-state index contributed by atoms with van der Waals surface area (Å²) in [5, 5.41) is 4.64. The van der Waals surface area contributed by atoms with Gasteiger partial charge in [0.15, 0.2) is 0 Å². The van der Waals surface area contributed by atoms with Crippen molar-refractivity contribution >= 4 is 10.8 Å². The van der Waals surface area contributed by atoms with Gasteiger partial charge in [0.2, 0.25) is 0 Å². The highest BCUT2D eigenvalue weighted by atomic mass is 19.1.